The van der Waals surface area contributed by atoms with Crippen molar-refractivity contribution < 1.29 is 14.3 Å². The SMILES string of the molecule is CCOC(=O)c1c(NC(=O)CN2CCc3sccc3[C@@H]2C)sc(C)c1C. The number of hydrogen-bond donors (Lipinski definition) is 1. The third-order valence-corrected chi connectivity index (χ3v) is 6.99. The molecule has 3 rings (SSSR count). The normalized spacial score (nSPS) is 17.0. The highest BCUT2D eigenvalue weighted by Gasteiger charge is 2.27. The van der Waals surface area contributed by atoms with Gasteiger partial charge in [-0.3, -0.25) is 9.69 Å². The molecule has 0 saturated heterocycles. The number of amides is 1. The van der Waals surface area contributed by atoms with Gasteiger partial charge < -0.3 is 10.1 Å². The van der Waals surface area contributed by atoms with E-state index in [1.165, 1.54) is 21.8 Å². The molecule has 1 aliphatic rings. The fraction of sp³-hybridized carbons (Fsp3) is 0.474. The van der Waals surface area contributed by atoms with E-state index in [9.17, 15) is 9.59 Å². The maximum Gasteiger partial charge on any atom is 0.341 e. The Balaban J connectivity index is 1.71. The van der Waals surface area contributed by atoms with Crippen LogP contribution in [-0.4, -0.2) is 36.5 Å². The Hall–Kier alpha value is -1.70. The van der Waals surface area contributed by atoms with Gasteiger partial charge in [-0.2, -0.15) is 0 Å². The Kier molecular flexibility index (Phi) is 5.79. The number of carbonyl (C=O) groups excluding carboxylic acids is 2. The molecular formula is C19H24N2O3S2. The van der Waals surface area contributed by atoms with Gasteiger partial charge in [-0.15, -0.1) is 22.7 Å². The lowest BCUT2D eigenvalue weighted by Crippen LogP contribution is -2.39. The molecule has 26 heavy (non-hydrogen) atoms. The van der Waals surface area contributed by atoms with Gasteiger partial charge in [0.05, 0.1) is 18.7 Å². The molecule has 3 heterocycles. The third kappa shape index (κ3) is 3.70. The first kappa shape index (κ1) is 19.1. The van der Waals surface area contributed by atoms with Crippen molar-refractivity contribution in [3.05, 3.63) is 37.9 Å². The van der Waals surface area contributed by atoms with E-state index in [-0.39, 0.29) is 17.9 Å². The van der Waals surface area contributed by atoms with Gasteiger partial charge in [0, 0.05) is 22.3 Å². The first-order chi connectivity index (χ1) is 12.4. The van der Waals surface area contributed by atoms with Crippen LogP contribution in [0.5, 0.6) is 0 Å². The van der Waals surface area contributed by atoms with Gasteiger partial charge in [-0.05, 0) is 56.7 Å². The van der Waals surface area contributed by atoms with Crippen LogP contribution in [0.25, 0.3) is 0 Å². The Morgan fingerprint density at radius 1 is 1.38 bits per heavy atom. The Bertz CT molecular complexity index is 825. The Labute approximate surface area is 162 Å². The van der Waals surface area contributed by atoms with Crippen molar-refractivity contribution in [1.29, 1.82) is 0 Å². The standard InChI is InChI=1S/C19H24N2O3S2/c1-5-24-19(23)17-11(2)13(4)26-18(17)20-16(22)10-21-8-6-15-14(12(21)3)7-9-25-15/h7,9,12H,5-6,8,10H2,1-4H3,(H,20,22)/t12-/m0/s1. The second kappa shape index (κ2) is 7.90. The van der Waals surface area contributed by atoms with Crippen LogP contribution in [0.4, 0.5) is 5.00 Å². The summed E-state index contributed by atoms with van der Waals surface area (Å²) in [6.07, 6.45) is 0.982. The molecule has 0 saturated carbocycles. The van der Waals surface area contributed by atoms with Gasteiger partial charge in [0.1, 0.15) is 5.00 Å². The number of aryl methyl sites for hydroxylation is 1. The van der Waals surface area contributed by atoms with E-state index in [0.717, 1.165) is 23.4 Å². The van der Waals surface area contributed by atoms with Crippen LogP contribution in [-0.2, 0) is 16.0 Å². The number of rotatable bonds is 5. The zero-order valence-corrected chi connectivity index (χ0v) is 17.2. The van der Waals surface area contributed by atoms with E-state index in [1.54, 1.807) is 18.3 Å². The smallest absolute Gasteiger partial charge is 0.341 e. The lowest BCUT2D eigenvalue weighted by Gasteiger charge is -2.32. The predicted molar refractivity (Wildman–Crippen MR) is 106 cm³/mol. The zero-order chi connectivity index (χ0) is 18.8. The lowest BCUT2D eigenvalue weighted by molar-refractivity contribution is -0.117. The summed E-state index contributed by atoms with van der Waals surface area (Å²) in [6.45, 7) is 9.25. The van der Waals surface area contributed by atoms with Crippen LogP contribution in [0.3, 0.4) is 0 Å². The zero-order valence-electron chi connectivity index (χ0n) is 15.5. The van der Waals surface area contributed by atoms with Gasteiger partial charge in [0.25, 0.3) is 0 Å². The second-order valence-electron chi connectivity index (χ2n) is 6.45. The maximum atomic E-state index is 12.6. The topological polar surface area (TPSA) is 58.6 Å². The molecule has 1 N–H and O–H groups in total. The highest BCUT2D eigenvalue weighted by atomic mass is 32.1. The maximum absolute atomic E-state index is 12.6. The molecule has 140 valence electrons. The molecule has 0 unspecified atom stereocenters. The molecule has 0 aromatic carbocycles. The van der Waals surface area contributed by atoms with Crippen LogP contribution in [0.15, 0.2) is 11.4 Å². The van der Waals surface area contributed by atoms with Gasteiger partial charge >= 0.3 is 5.97 Å². The summed E-state index contributed by atoms with van der Waals surface area (Å²) in [5, 5.41) is 5.64. The highest BCUT2D eigenvalue weighted by Crippen LogP contribution is 2.34. The van der Waals surface area contributed by atoms with Crippen molar-refractivity contribution in [2.45, 2.75) is 40.2 Å². The van der Waals surface area contributed by atoms with Gasteiger partial charge in [-0.1, -0.05) is 0 Å². The molecule has 2 aromatic rings. The molecule has 1 amide bonds. The summed E-state index contributed by atoms with van der Waals surface area (Å²) in [7, 11) is 0. The minimum Gasteiger partial charge on any atom is -0.462 e. The minimum absolute atomic E-state index is 0.0951. The average Bonchev–Trinajstić information content (AvgIpc) is 3.16. The van der Waals surface area contributed by atoms with Crippen molar-refractivity contribution in [2.24, 2.45) is 0 Å². The Morgan fingerprint density at radius 2 is 2.15 bits per heavy atom. The number of nitrogens with one attached hydrogen (secondary N) is 1. The molecule has 0 radical (unpaired) electrons. The number of thiophene rings is 2. The predicted octanol–water partition coefficient (Wildman–Crippen LogP) is 4.16. The first-order valence-electron chi connectivity index (χ1n) is 8.79. The van der Waals surface area contributed by atoms with Crippen molar-refractivity contribution in [1.82, 2.24) is 4.90 Å². The van der Waals surface area contributed by atoms with Crippen molar-refractivity contribution >= 4 is 39.6 Å². The van der Waals surface area contributed by atoms with Gasteiger partial charge in [-0.25, -0.2) is 4.79 Å². The van der Waals surface area contributed by atoms with Crippen LogP contribution in [0, 0.1) is 13.8 Å². The van der Waals surface area contributed by atoms with E-state index < -0.39 is 0 Å². The number of hydrogen-bond acceptors (Lipinski definition) is 6. The summed E-state index contributed by atoms with van der Waals surface area (Å²) >= 11 is 3.22. The van der Waals surface area contributed by atoms with Crippen LogP contribution >= 0.6 is 22.7 Å². The highest BCUT2D eigenvalue weighted by molar-refractivity contribution is 7.16. The first-order valence-corrected chi connectivity index (χ1v) is 10.5. The number of ether oxygens (including phenoxy) is 1. The van der Waals surface area contributed by atoms with E-state index in [2.05, 4.69) is 28.6 Å². The molecule has 1 aliphatic heterocycles. The van der Waals surface area contributed by atoms with Crippen molar-refractivity contribution in [3.8, 4) is 0 Å². The summed E-state index contributed by atoms with van der Waals surface area (Å²) in [6, 6.07) is 2.38. The van der Waals surface area contributed by atoms with Crippen LogP contribution in [0.1, 0.15) is 51.1 Å². The Morgan fingerprint density at radius 3 is 2.88 bits per heavy atom. The van der Waals surface area contributed by atoms with E-state index in [1.807, 2.05) is 13.8 Å². The van der Waals surface area contributed by atoms with Gasteiger partial charge in [0.15, 0.2) is 0 Å². The molecule has 1 atom stereocenters. The number of nitrogens with zero attached hydrogens (tertiary/aromatic N) is 1. The second-order valence-corrected chi connectivity index (χ2v) is 8.68. The molecule has 0 spiro atoms. The molecule has 7 heteroatoms. The molecule has 0 fully saturated rings. The fourth-order valence-corrected chi connectivity index (χ4v) is 5.32. The largest absolute Gasteiger partial charge is 0.462 e. The molecule has 2 aromatic heterocycles. The molecular weight excluding hydrogens is 368 g/mol. The summed E-state index contributed by atoms with van der Waals surface area (Å²) in [5.41, 5.74) is 2.68. The average molecular weight is 393 g/mol. The number of esters is 1. The fourth-order valence-electron chi connectivity index (χ4n) is 3.29. The van der Waals surface area contributed by atoms with Crippen LogP contribution in [0.2, 0.25) is 0 Å². The van der Waals surface area contributed by atoms with Crippen LogP contribution < -0.4 is 5.32 Å². The minimum atomic E-state index is -0.376. The lowest BCUT2D eigenvalue weighted by atomic mass is 10.0. The van der Waals surface area contributed by atoms with E-state index in [0.29, 0.717) is 23.7 Å². The molecule has 0 bridgehead atoms. The van der Waals surface area contributed by atoms with Gasteiger partial charge in [0.2, 0.25) is 5.91 Å². The molecule has 0 aliphatic carbocycles. The van der Waals surface area contributed by atoms with E-state index >= 15 is 0 Å². The van der Waals surface area contributed by atoms with Crippen molar-refractivity contribution in [3.63, 3.8) is 0 Å². The quantitative estimate of drug-likeness (QED) is 0.776. The van der Waals surface area contributed by atoms with E-state index in [4.69, 9.17) is 4.74 Å². The summed E-state index contributed by atoms with van der Waals surface area (Å²) < 4.78 is 5.15. The monoisotopic (exact) mass is 392 g/mol. The number of anilines is 1. The number of fused-ring (bicyclic) bond motifs is 1. The third-order valence-electron chi connectivity index (χ3n) is 4.87. The van der Waals surface area contributed by atoms with Crippen molar-refractivity contribution in [2.75, 3.05) is 25.0 Å². The summed E-state index contributed by atoms with van der Waals surface area (Å²) in [4.78, 5) is 29.5. The summed E-state index contributed by atoms with van der Waals surface area (Å²) in [5.74, 6) is -0.471. The molecule has 5 nitrogen and oxygen atoms in total. The number of carbonyl (C=O) groups is 2.